The van der Waals surface area contributed by atoms with E-state index in [0.717, 1.165) is 28.3 Å². The van der Waals surface area contributed by atoms with E-state index < -0.39 is 0 Å². The Balaban J connectivity index is 2.02. The van der Waals surface area contributed by atoms with Gasteiger partial charge in [0.2, 0.25) is 0 Å². The summed E-state index contributed by atoms with van der Waals surface area (Å²) in [5.74, 6) is -0.0410. The molecule has 0 atom stereocenters. The van der Waals surface area contributed by atoms with E-state index in [1.54, 1.807) is 24.5 Å². The van der Waals surface area contributed by atoms with Gasteiger partial charge in [-0.15, -0.1) is 0 Å². The van der Waals surface area contributed by atoms with Crippen LogP contribution in [0.4, 0.5) is 0 Å². The molecule has 1 saturated carbocycles. The third kappa shape index (κ3) is 2.15. The first-order valence-corrected chi connectivity index (χ1v) is 6.24. The quantitative estimate of drug-likeness (QED) is 0.924. The summed E-state index contributed by atoms with van der Waals surface area (Å²) >= 11 is 3.42. The topological polar surface area (TPSA) is 54.9 Å². The van der Waals surface area contributed by atoms with E-state index in [-0.39, 0.29) is 5.91 Å². The SMILES string of the molecule is O=C(NC1CC1)c1cc(Br)c2nccnc2c1. The molecule has 0 radical (unpaired) electrons. The highest BCUT2D eigenvalue weighted by molar-refractivity contribution is 9.10. The average Bonchev–Trinajstić information content (AvgIpc) is 3.13. The summed E-state index contributed by atoms with van der Waals surface area (Å²) in [5, 5.41) is 2.95. The largest absolute Gasteiger partial charge is 0.349 e. The first-order chi connectivity index (χ1) is 8.24. The van der Waals surface area contributed by atoms with Crippen molar-refractivity contribution in [1.82, 2.24) is 15.3 Å². The van der Waals surface area contributed by atoms with E-state index in [4.69, 9.17) is 0 Å². The van der Waals surface area contributed by atoms with Gasteiger partial charge in [-0.1, -0.05) is 0 Å². The predicted molar refractivity (Wildman–Crippen MR) is 67.7 cm³/mol. The highest BCUT2D eigenvalue weighted by atomic mass is 79.9. The molecule has 86 valence electrons. The van der Waals surface area contributed by atoms with E-state index in [9.17, 15) is 4.79 Å². The minimum Gasteiger partial charge on any atom is -0.349 e. The highest BCUT2D eigenvalue weighted by Crippen LogP contribution is 2.24. The molecule has 0 aliphatic heterocycles. The van der Waals surface area contributed by atoms with Crippen molar-refractivity contribution in [3.8, 4) is 0 Å². The fourth-order valence-electron chi connectivity index (χ4n) is 1.66. The van der Waals surface area contributed by atoms with Gasteiger partial charge in [-0.2, -0.15) is 0 Å². The van der Waals surface area contributed by atoms with Crippen LogP contribution in [0.1, 0.15) is 23.2 Å². The van der Waals surface area contributed by atoms with Gasteiger partial charge in [0, 0.05) is 28.5 Å². The number of fused-ring (bicyclic) bond motifs is 1. The van der Waals surface area contributed by atoms with Crippen molar-refractivity contribution in [2.45, 2.75) is 18.9 Å². The number of carbonyl (C=O) groups is 1. The van der Waals surface area contributed by atoms with Crippen LogP contribution in [0, 0.1) is 0 Å². The molecule has 1 aliphatic carbocycles. The van der Waals surface area contributed by atoms with Crippen molar-refractivity contribution in [3.63, 3.8) is 0 Å². The van der Waals surface area contributed by atoms with Crippen molar-refractivity contribution in [2.75, 3.05) is 0 Å². The smallest absolute Gasteiger partial charge is 0.251 e. The number of hydrogen-bond donors (Lipinski definition) is 1. The zero-order chi connectivity index (χ0) is 11.8. The molecule has 17 heavy (non-hydrogen) atoms. The summed E-state index contributed by atoms with van der Waals surface area (Å²) in [4.78, 5) is 20.3. The van der Waals surface area contributed by atoms with Crippen LogP contribution in [0.2, 0.25) is 0 Å². The van der Waals surface area contributed by atoms with Crippen LogP contribution in [-0.4, -0.2) is 21.9 Å². The van der Waals surface area contributed by atoms with E-state index in [1.165, 1.54) is 0 Å². The fraction of sp³-hybridized carbons (Fsp3) is 0.250. The fourth-order valence-corrected chi connectivity index (χ4v) is 2.21. The molecular weight excluding hydrogens is 282 g/mol. The third-order valence-corrected chi connectivity index (χ3v) is 3.31. The second-order valence-electron chi connectivity index (χ2n) is 4.13. The summed E-state index contributed by atoms with van der Waals surface area (Å²) in [7, 11) is 0. The van der Waals surface area contributed by atoms with Crippen molar-refractivity contribution in [1.29, 1.82) is 0 Å². The van der Waals surface area contributed by atoms with Crippen molar-refractivity contribution in [2.24, 2.45) is 0 Å². The van der Waals surface area contributed by atoms with Gasteiger partial charge in [0.05, 0.1) is 5.52 Å². The lowest BCUT2D eigenvalue weighted by molar-refractivity contribution is 0.0951. The first kappa shape index (κ1) is 10.7. The Morgan fingerprint density at radius 3 is 2.82 bits per heavy atom. The molecule has 0 unspecified atom stereocenters. The van der Waals surface area contributed by atoms with Gasteiger partial charge >= 0.3 is 0 Å². The lowest BCUT2D eigenvalue weighted by Crippen LogP contribution is -2.25. The first-order valence-electron chi connectivity index (χ1n) is 5.45. The zero-order valence-electron chi connectivity index (χ0n) is 8.98. The minimum absolute atomic E-state index is 0.0410. The van der Waals surface area contributed by atoms with Gasteiger partial charge in [0.15, 0.2) is 0 Å². The molecule has 5 heteroatoms. The van der Waals surface area contributed by atoms with Gasteiger partial charge in [-0.25, -0.2) is 0 Å². The monoisotopic (exact) mass is 291 g/mol. The third-order valence-electron chi connectivity index (χ3n) is 2.70. The van der Waals surface area contributed by atoms with E-state index >= 15 is 0 Å². The van der Waals surface area contributed by atoms with Gasteiger partial charge in [0.1, 0.15) is 5.52 Å². The normalized spacial score (nSPS) is 14.9. The van der Waals surface area contributed by atoms with Gasteiger partial charge in [0.25, 0.3) is 5.91 Å². The second kappa shape index (κ2) is 4.07. The highest BCUT2D eigenvalue weighted by Gasteiger charge is 2.24. The standard InChI is InChI=1S/C12H10BrN3O/c13-9-5-7(12(17)16-8-1-2-8)6-10-11(9)15-4-3-14-10/h3-6,8H,1-2H2,(H,16,17). The van der Waals surface area contributed by atoms with Crippen LogP contribution >= 0.6 is 15.9 Å². The van der Waals surface area contributed by atoms with Crippen LogP contribution in [0.5, 0.6) is 0 Å². The van der Waals surface area contributed by atoms with Crippen LogP contribution in [0.3, 0.4) is 0 Å². The number of rotatable bonds is 2. The minimum atomic E-state index is -0.0410. The maximum absolute atomic E-state index is 11.9. The number of carbonyl (C=O) groups excluding carboxylic acids is 1. The van der Waals surface area contributed by atoms with Gasteiger partial charge in [-0.05, 0) is 40.9 Å². The van der Waals surface area contributed by atoms with Gasteiger partial charge in [-0.3, -0.25) is 14.8 Å². The van der Waals surface area contributed by atoms with Crippen molar-refractivity contribution in [3.05, 3.63) is 34.6 Å². The number of hydrogen-bond acceptors (Lipinski definition) is 3. The zero-order valence-corrected chi connectivity index (χ0v) is 10.6. The van der Waals surface area contributed by atoms with Crippen LogP contribution in [-0.2, 0) is 0 Å². The molecule has 0 spiro atoms. The van der Waals surface area contributed by atoms with Crippen LogP contribution in [0.25, 0.3) is 11.0 Å². The van der Waals surface area contributed by atoms with Crippen LogP contribution < -0.4 is 5.32 Å². The molecule has 0 saturated heterocycles. The summed E-state index contributed by atoms with van der Waals surface area (Å²) in [6, 6.07) is 3.92. The van der Waals surface area contributed by atoms with Crippen LogP contribution in [0.15, 0.2) is 29.0 Å². The molecule has 3 rings (SSSR count). The molecule has 1 heterocycles. The number of amides is 1. The molecular formula is C12H10BrN3O. The van der Waals surface area contributed by atoms with E-state index in [2.05, 4.69) is 31.2 Å². The Labute approximate surface area is 107 Å². The molecule has 1 aromatic heterocycles. The molecule has 1 fully saturated rings. The maximum atomic E-state index is 11.9. The average molecular weight is 292 g/mol. The Morgan fingerprint density at radius 1 is 1.29 bits per heavy atom. The second-order valence-corrected chi connectivity index (χ2v) is 4.98. The van der Waals surface area contributed by atoms with Gasteiger partial charge < -0.3 is 5.32 Å². The molecule has 2 aromatic rings. The number of aromatic nitrogens is 2. The molecule has 1 N–H and O–H groups in total. The summed E-state index contributed by atoms with van der Waals surface area (Å²) < 4.78 is 0.795. The molecule has 1 aromatic carbocycles. The molecule has 1 aliphatic rings. The molecule has 4 nitrogen and oxygen atoms in total. The number of halogens is 1. The molecule has 1 amide bonds. The Hall–Kier alpha value is -1.49. The lowest BCUT2D eigenvalue weighted by Gasteiger charge is -2.05. The lowest BCUT2D eigenvalue weighted by atomic mass is 10.2. The maximum Gasteiger partial charge on any atom is 0.251 e. The summed E-state index contributed by atoms with van der Waals surface area (Å²) in [6.07, 6.45) is 5.43. The van der Waals surface area contributed by atoms with E-state index in [0.29, 0.717) is 11.6 Å². The van der Waals surface area contributed by atoms with E-state index in [1.807, 2.05) is 0 Å². The number of nitrogens with one attached hydrogen (secondary N) is 1. The predicted octanol–water partition coefficient (Wildman–Crippen LogP) is 2.28. The Kier molecular flexibility index (Phi) is 2.55. The molecule has 0 bridgehead atoms. The Morgan fingerprint density at radius 2 is 2.06 bits per heavy atom. The van der Waals surface area contributed by atoms with Crippen molar-refractivity contribution >= 4 is 32.9 Å². The summed E-state index contributed by atoms with van der Waals surface area (Å²) in [5.41, 5.74) is 2.12. The van der Waals surface area contributed by atoms with Crippen molar-refractivity contribution < 1.29 is 4.79 Å². The number of nitrogens with zero attached hydrogens (tertiary/aromatic N) is 2. The number of benzene rings is 1. The summed E-state index contributed by atoms with van der Waals surface area (Å²) in [6.45, 7) is 0. The Bertz CT molecular complexity index is 595.